The molecular weight excluding hydrogens is 366 g/mol. The van der Waals surface area contributed by atoms with E-state index >= 15 is 0 Å². The van der Waals surface area contributed by atoms with Gasteiger partial charge in [-0.1, -0.05) is 18.2 Å². The summed E-state index contributed by atoms with van der Waals surface area (Å²) in [7, 11) is -3.89. The highest BCUT2D eigenvalue weighted by Gasteiger charge is 2.28. The fourth-order valence-electron chi connectivity index (χ4n) is 3.67. The molecule has 0 aliphatic heterocycles. The molecule has 4 rings (SSSR count). The van der Waals surface area contributed by atoms with Gasteiger partial charge in [0.15, 0.2) is 0 Å². The Kier molecular flexibility index (Phi) is 4.81. The number of nitrogens with zero attached hydrogens (tertiary/aromatic N) is 3. The van der Waals surface area contributed by atoms with Gasteiger partial charge in [-0.25, -0.2) is 15.1 Å². The molecule has 1 saturated carbocycles. The van der Waals surface area contributed by atoms with E-state index in [1.807, 2.05) is 42.6 Å². The van der Waals surface area contributed by atoms with Crippen LogP contribution in [0.15, 0.2) is 48.9 Å². The van der Waals surface area contributed by atoms with Crippen LogP contribution in [-0.2, 0) is 14.5 Å². The zero-order valence-corrected chi connectivity index (χ0v) is 15.5. The highest BCUT2D eigenvalue weighted by atomic mass is 32.2. The van der Waals surface area contributed by atoms with Crippen molar-refractivity contribution >= 4 is 32.8 Å². The van der Waals surface area contributed by atoms with E-state index in [-0.39, 0.29) is 18.6 Å². The van der Waals surface area contributed by atoms with Gasteiger partial charge in [-0.15, -0.1) is 0 Å². The summed E-state index contributed by atoms with van der Waals surface area (Å²) >= 11 is 0. The molecule has 0 bridgehead atoms. The van der Waals surface area contributed by atoms with Crippen molar-refractivity contribution < 1.29 is 12.6 Å². The number of hydrogen-bond acceptors (Lipinski definition) is 6. The second-order valence-corrected chi connectivity index (χ2v) is 8.01. The summed E-state index contributed by atoms with van der Waals surface area (Å²) in [5.41, 5.74) is 1.83. The molecule has 1 aliphatic rings. The normalized spacial score (nSPS) is 20.2. The zero-order valence-electron chi connectivity index (χ0n) is 14.7. The van der Waals surface area contributed by atoms with E-state index in [1.165, 1.54) is 0 Å². The van der Waals surface area contributed by atoms with E-state index in [2.05, 4.69) is 19.9 Å². The number of aromatic nitrogens is 3. The molecule has 0 spiro atoms. The molecule has 1 fully saturated rings. The zero-order chi connectivity index (χ0) is 18.9. The Morgan fingerprint density at radius 3 is 2.78 bits per heavy atom. The molecule has 2 atom stereocenters. The van der Waals surface area contributed by atoms with Crippen LogP contribution in [0.5, 0.6) is 0 Å². The number of hydrogen-bond donors (Lipinski definition) is 2. The summed E-state index contributed by atoms with van der Waals surface area (Å²) in [5, 5.41) is 9.20. The monoisotopic (exact) mass is 387 g/mol. The average molecular weight is 387 g/mol. The molecule has 0 amide bonds. The highest BCUT2D eigenvalue weighted by molar-refractivity contribution is 7.84. The van der Waals surface area contributed by atoms with Gasteiger partial charge in [0, 0.05) is 17.9 Å². The first-order valence-corrected chi connectivity index (χ1v) is 10.3. The van der Waals surface area contributed by atoms with Crippen molar-refractivity contribution in [3.63, 3.8) is 0 Å². The van der Waals surface area contributed by atoms with Crippen LogP contribution in [0.1, 0.15) is 25.3 Å². The number of benzene rings is 1. The third-order valence-electron chi connectivity index (χ3n) is 4.92. The third-order valence-corrected chi connectivity index (χ3v) is 5.39. The second-order valence-electron chi connectivity index (χ2n) is 6.78. The highest BCUT2D eigenvalue weighted by Crippen LogP contribution is 2.37. The van der Waals surface area contributed by atoms with Crippen LogP contribution in [0.4, 0.5) is 11.5 Å². The molecule has 0 radical (unpaired) electrons. The number of nitrogens with one attached hydrogen (secondary N) is 1. The fourth-order valence-corrected chi connectivity index (χ4v) is 4.05. The van der Waals surface area contributed by atoms with E-state index < -0.39 is 10.3 Å². The Hall–Kier alpha value is -2.49. The first kappa shape index (κ1) is 17.9. The van der Waals surface area contributed by atoms with Crippen LogP contribution in [0, 0.1) is 5.92 Å². The number of para-hydroxylation sites is 1. The van der Waals surface area contributed by atoms with Crippen LogP contribution in [0.25, 0.3) is 11.0 Å². The van der Waals surface area contributed by atoms with Crippen LogP contribution in [0.2, 0.25) is 0 Å². The van der Waals surface area contributed by atoms with Gasteiger partial charge < -0.3 is 9.88 Å². The van der Waals surface area contributed by atoms with Gasteiger partial charge in [-0.2, -0.15) is 8.42 Å². The Bertz CT molecular complexity index is 1040. The Balaban J connectivity index is 1.53. The molecule has 8 nitrogen and oxygen atoms in total. The lowest BCUT2D eigenvalue weighted by molar-refractivity contribution is 0.253. The molecule has 3 N–H and O–H groups in total. The predicted octanol–water partition coefficient (Wildman–Crippen LogP) is 2.74. The van der Waals surface area contributed by atoms with Crippen molar-refractivity contribution in [2.75, 3.05) is 11.9 Å². The van der Waals surface area contributed by atoms with E-state index in [1.54, 1.807) is 6.33 Å². The van der Waals surface area contributed by atoms with Gasteiger partial charge in [0.05, 0.1) is 12.0 Å². The van der Waals surface area contributed by atoms with E-state index in [0.717, 1.165) is 41.8 Å². The standard InChI is InChI=1S/C18H21N5O3S/c19-27(24,25)26-11-13-6-7-15(10-13)23-9-8-16-17(20-12-21-18(16)23)22-14-4-2-1-3-5-14/h1-5,8-9,12-13,15H,6-7,10-11H2,(H2,19,24,25)(H,20,21,22)/t13-,15?/m0/s1. The summed E-state index contributed by atoms with van der Waals surface area (Å²) in [5.74, 6) is 0.923. The number of nitrogens with two attached hydrogens (primary N) is 1. The Morgan fingerprint density at radius 2 is 2.00 bits per heavy atom. The van der Waals surface area contributed by atoms with Gasteiger partial charge in [0.2, 0.25) is 0 Å². The summed E-state index contributed by atoms with van der Waals surface area (Å²) in [6.07, 6.45) is 6.22. The maximum absolute atomic E-state index is 11.0. The lowest BCUT2D eigenvalue weighted by atomic mass is 10.1. The SMILES string of the molecule is NS(=O)(=O)OC[C@H]1CCC(n2ccc3c(Nc4ccccc4)ncnc32)C1. The number of fused-ring (bicyclic) bond motifs is 1. The van der Waals surface area contributed by atoms with Crippen LogP contribution in [0.3, 0.4) is 0 Å². The van der Waals surface area contributed by atoms with Crippen molar-refractivity contribution in [1.29, 1.82) is 0 Å². The van der Waals surface area contributed by atoms with E-state index in [0.29, 0.717) is 0 Å². The van der Waals surface area contributed by atoms with Crippen LogP contribution >= 0.6 is 0 Å². The summed E-state index contributed by atoms with van der Waals surface area (Å²) in [4.78, 5) is 8.84. The largest absolute Gasteiger partial charge is 0.340 e. The van der Waals surface area contributed by atoms with Gasteiger partial charge in [-0.05, 0) is 43.4 Å². The maximum atomic E-state index is 11.0. The second kappa shape index (κ2) is 7.26. The van der Waals surface area contributed by atoms with Crippen molar-refractivity contribution in [3.05, 3.63) is 48.9 Å². The summed E-state index contributed by atoms with van der Waals surface area (Å²) in [6.45, 7) is 0.129. The number of anilines is 2. The quantitative estimate of drug-likeness (QED) is 0.672. The molecule has 27 heavy (non-hydrogen) atoms. The van der Waals surface area contributed by atoms with Crippen molar-refractivity contribution in [1.82, 2.24) is 14.5 Å². The van der Waals surface area contributed by atoms with E-state index in [9.17, 15) is 8.42 Å². The van der Waals surface area contributed by atoms with Gasteiger partial charge in [-0.3, -0.25) is 4.18 Å². The molecule has 2 aromatic heterocycles. The van der Waals surface area contributed by atoms with Crippen molar-refractivity contribution in [3.8, 4) is 0 Å². The van der Waals surface area contributed by atoms with Crippen molar-refractivity contribution in [2.45, 2.75) is 25.3 Å². The van der Waals surface area contributed by atoms with Gasteiger partial charge in [0.25, 0.3) is 0 Å². The lowest BCUT2D eigenvalue weighted by Gasteiger charge is -2.14. The minimum absolute atomic E-state index is 0.129. The first-order valence-electron chi connectivity index (χ1n) is 8.80. The van der Waals surface area contributed by atoms with Gasteiger partial charge in [0.1, 0.15) is 17.8 Å². The molecule has 1 aromatic carbocycles. The molecule has 3 aromatic rings. The van der Waals surface area contributed by atoms with Gasteiger partial charge >= 0.3 is 10.3 Å². The average Bonchev–Trinajstić information content (AvgIpc) is 3.27. The van der Waals surface area contributed by atoms with Crippen LogP contribution in [-0.4, -0.2) is 29.6 Å². The number of rotatable bonds is 6. The molecule has 0 saturated heterocycles. The van der Waals surface area contributed by atoms with Crippen molar-refractivity contribution in [2.24, 2.45) is 11.1 Å². The lowest BCUT2D eigenvalue weighted by Crippen LogP contribution is -2.19. The van der Waals surface area contributed by atoms with Crippen LogP contribution < -0.4 is 10.5 Å². The maximum Gasteiger partial charge on any atom is 0.333 e. The molecule has 142 valence electrons. The summed E-state index contributed by atoms with van der Waals surface area (Å²) < 4.78 is 28.9. The Labute approximate surface area is 157 Å². The topological polar surface area (TPSA) is 112 Å². The third kappa shape index (κ3) is 4.10. The fraction of sp³-hybridized carbons (Fsp3) is 0.333. The Morgan fingerprint density at radius 1 is 1.19 bits per heavy atom. The van der Waals surface area contributed by atoms with E-state index in [4.69, 9.17) is 9.32 Å². The summed E-state index contributed by atoms with van der Waals surface area (Å²) in [6, 6.07) is 12.1. The molecule has 1 aliphatic carbocycles. The minimum atomic E-state index is -3.89. The smallest absolute Gasteiger partial charge is 0.333 e. The molecule has 9 heteroatoms. The minimum Gasteiger partial charge on any atom is -0.340 e. The predicted molar refractivity (Wildman–Crippen MR) is 103 cm³/mol. The molecule has 2 heterocycles. The molecular formula is C18H21N5O3S. The molecule has 1 unspecified atom stereocenters. The first-order chi connectivity index (χ1) is 13.0.